The van der Waals surface area contributed by atoms with Crippen molar-refractivity contribution in [3.63, 3.8) is 0 Å². The van der Waals surface area contributed by atoms with E-state index in [9.17, 15) is 4.79 Å². The summed E-state index contributed by atoms with van der Waals surface area (Å²) in [5.74, 6) is 0.944. The van der Waals surface area contributed by atoms with Gasteiger partial charge in [-0.25, -0.2) is 0 Å². The minimum Gasteiger partial charge on any atom is -0.352 e. The molecule has 1 atom stereocenters. The number of nitrogens with one attached hydrogen (secondary N) is 2. The summed E-state index contributed by atoms with van der Waals surface area (Å²) in [7, 11) is 1.74. The first-order chi connectivity index (χ1) is 10.6. The van der Waals surface area contributed by atoms with Gasteiger partial charge in [0.05, 0.1) is 0 Å². The van der Waals surface area contributed by atoms with Crippen LogP contribution >= 0.6 is 11.6 Å². The van der Waals surface area contributed by atoms with Crippen LogP contribution in [0.5, 0.6) is 0 Å². The molecule has 22 heavy (non-hydrogen) atoms. The van der Waals surface area contributed by atoms with E-state index in [1.165, 1.54) is 0 Å². The summed E-state index contributed by atoms with van der Waals surface area (Å²) >= 11 is 6.15. The number of carbonyl (C=O) groups excluding carboxylic acids is 1. The molecular formula is C16H23ClN4O. The number of hydrogen-bond acceptors (Lipinski definition) is 2. The van der Waals surface area contributed by atoms with Gasteiger partial charge in [0, 0.05) is 44.2 Å². The number of guanidine groups is 1. The summed E-state index contributed by atoms with van der Waals surface area (Å²) in [5, 5.41) is 7.37. The highest BCUT2D eigenvalue weighted by Crippen LogP contribution is 2.14. The average molecular weight is 323 g/mol. The molecular weight excluding hydrogens is 300 g/mol. The Kier molecular flexibility index (Phi) is 6.07. The molecule has 2 N–H and O–H groups in total. The first-order valence-corrected chi connectivity index (χ1v) is 8.00. The van der Waals surface area contributed by atoms with Crippen molar-refractivity contribution in [3.8, 4) is 0 Å². The lowest BCUT2D eigenvalue weighted by atomic mass is 10.2. The Morgan fingerprint density at radius 1 is 1.45 bits per heavy atom. The van der Waals surface area contributed by atoms with Crippen LogP contribution in [0.4, 0.5) is 0 Å². The first-order valence-electron chi connectivity index (χ1n) is 7.62. The zero-order valence-electron chi connectivity index (χ0n) is 13.1. The fourth-order valence-corrected chi connectivity index (χ4v) is 2.74. The van der Waals surface area contributed by atoms with Gasteiger partial charge in [0.15, 0.2) is 5.96 Å². The van der Waals surface area contributed by atoms with Crippen LogP contribution in [0.1, 0.15) is 25.3 Å². The standard InChI is InChI=1S/C16H23ClN4O/c1-3-15(22)21-9-8-13(11-21)20-16(18-2)19-10-12-6-4-5-7-14(12)17/h4-7,13H,3,8-11H2,1-2H3,(H2,18,19,20). The van der Waals surface area contributed by atoms with Crippen molar-refractivity contribution in [2.75, 3.05) is 20.1 Å². The van der Waals surface area contributed by atoms with Crippen molar-refractivity contribution in [2.45, 2.75) is 32.4 Å². The third-order valence-electron chi connectivity index (χ3n) is 3.81. The molecule has 1 heterocycles. The Labute approximate surface area is 136 Å². The maximum absolute atomic E-state index is 11.7. The molecule has 6 heteroatoms. The van der Waals surface area contributed by atoms with Crippen LogP contribution in [0.25, 0.3) is 0 Å². The SMILES string of the molecule is CCC(=O)N1CCC(NC(=NC)NCc2ccccc2Cl)C1. The Bertz CT molecular complexity index is 547. The Balaban J connectivity index is 1.84. The fourth-order valence-electron chi connectivity index (χ4n) is 2.54. The number of hydrogen-bond donors (Lipinski definition) is 2. The number of likely N-dealkylation sites (tertiary alicyclic amines) is 1. The summed E-state index contributed by atoms with van der Waals surface area (Å²) in [5.41, 5.74) is 1.03. The van der Waals surface area contributed by atoms with Crippen molar-refractivity contribution in [1.29, 1.82) is 0 Å². The van der Waals surface area contributed by atoms with Gasteiger partial charge in [-0.2, -0.15) is 0 Å². The molecule has 1 aromatic carbocycles. The normalized spacial score (nSPS) is 18.4. The Morgan fingerprint density at radius 3 is 2.91 bits per heavy atom. The van der Waals surface area contributed by atoms with E-state index in [2.05, 4.69) is 15.6 Å². The molecule has 0 aliphatic carbocycles. The van der Waals surface area contributed by atoms with E-state index in [1.54, 1.807) is 7.05 Å². The Hall–Kier alpha value is -1.75. The molecule has 5 nitrogen and oxygen atoms in total. The second kappa shape index (κ2) is 8.03. The molecule has 0 radical (unpaired) electrons. The summed E-state index contributed by atoms with van der Waals surface area (Å²) in [6.07, 6.45) is 1.50. The van der Waals surface area contributed by atoms with E-state index < -0.39 is 0 Å². The second-order valence-electron chi connectivity index (χ2n) is 5.34. The van der Waals surface area contributed by atoms with Crippen LogP contribution in [-0.2, 0) is 11.3 Å². The molecule has 1 aliphatic rings. The van der Waals surface area contributed by atoms with E-state index >= 15 is 0 Å². The zero-order valence-corrected chi connectivity index (χ0v) is 13.9. The van der Waals surface area contributed by atoms with Crippen LogP contribution in [-0.4, -0.2) is 42.9 Å². The minimum absolute atomic E-state index is 0.211. The maximum Gasteiger partial charge on any atom is 0.222 e. The van der Waals surface area contributed by atoms with Gasteiger partial charge in [-0.1, -0.05) is 36.7 Å². The van der Waals surface area contributed by atoms with Crippen LogP contribution in [0.2, 0.25) is 5.02 Å². The highest BCUT2D eigenvalue weighted by molar-refractivity contribution is 6.31. The van der Waals surface area contributed by atoms with Crippen molar-refractivity contribution in [3.05, 3.63) is 34.9 Å². The third kappa shape index (κ3) is 4.37. The molecule has 0 aromatic heterocycles. The molecule has 1 aromatic rings. The second-order valence-corrected chi connectivity index (χ2v) is 5.75. The number of benzene rings is 1. The number of halogens is 1. The van der Waals surface area contributed by atoms with Crippen molar-refractivity contribution in [2.24, 2.45) is 4.99 Å². The third-order valence-corrected chi connectivity index (χ3v) is 4.18. The van der Waals surface area contributed by atoms with Crippen LogP contribution in [0.15, 0.2) is 29.3 Å². The highest BCUT2D eigenvalue weighted by atomic mass is 35.5. The highest BCUT2D eigenvalue weighted by Gasteiger charge is 2.25. The Morgan fingerprint density at radius 2 is 2.23 bits per heavy atom. The predicted octanol–water partition coefficient (Wildman–Crippen LogP) is 2.02. The van der Waals surface area contributed by atoms with Crippen LogP contribution in [0, 0.1) is 0 Å². The van der Waals surface area contributed by atoms with Gasteiger partial charge in [0.25, 0.3) is 0 Å². The maximum atomic E-state index is 11.7. The summed E-state index contributed by atoms with van der Waals surface area (Å²) in [6, 6.07) is 7.98. The molecule has 1 aliphatic heterocycles. The van der Waals surface area contributed by atoms with Crippen LogP contribution < -0.4 is 10.6 Å². The molecule has 0 spiro atoms. The van der Waals surface area contributed by atoms with E-state index in [1.807, 2.05) is 36.1 Å². The first kappa shape index (κ1) is 16.6. The van der Waals surface area contributed by atoms with Crippen molar-refractivity contribution < 1.29 is 4.79 Å². The molecule has 1 fully saturated rings. The summed E-state index contributed by atoms with van der Waals surface area (Å²) in [6.45, 7) is 4.06. The smallest absolute Gasteiger partial charge is 0.222 e. The number of nitrogens with zero attached hydrogens (tertiary/aromatic N) is 2. The topological polar surface area (TPSA) is 56.7 Å². The van der Waals surface area contributed by atoms with Gasteiger partial charge in [-0.15, -0.1) is 0 Å². The lowest BCUT2D eigenvalue weighted by Crippen LogP contribution is -2.44. The van der Waals surface area contributed by atoms with Gasteiger partial charge in [0.1, 0.15) is 0 Å². The van der Waals surface area contributed by atoms with Crippen molar-refractivity contribution >= 4 is 23.5 Å². The summed E-state index contributed by atoms with van der Waals surface area (Å²) < 4.78 is 0. The van der Waals surface area contributed by atoms with Gasteiger partial charge < -0.3 is 15.5 Å². The molecule has 120 valence electrons. The number of carbonyl (C=O) groups is 1. The quantitative estimate of drug-likeness (QED) is 0.658. The molecule has 2 rings (SSSR count). The van der Waals surface area contributed by atoms with Gasteiger partial charge >= 0.3 is 0 Å². The van der Waals surface area contributed by atoms with E-state index in [4.69, 9.17) is 11.6 Å². The lowest BCUT2D eigenvalue weighted by molar-refractivity contribution is -0.129. The number of rotatable bonds is 4. The van der Waals surface area contributed by atoms with Gasteiger partial charge in [-0.05, 0) is 18.1 Å². The van der Waals surface area contributed by atoms with Crippen molar-refractivity contribution in [1.82, 2.24) is 15.5 Å². The van der Waals surface area contributed by atoms with Crippen LogP contribution in [0.3, 0.4) is 0 Å². The summed E-state index contributed by atoms with van der Waals surface area (Å²) in [4.78, 5) is 17.8. The van der Waals surface area contributed by atoms with E-state index in [0.29, 0.717) is 13.0 Å². The monoisotopic (exact) mass is 322 g/mol. The van der Waals surface area contributed by atoms with Gasteiger partial charge in [-0.3, -0.25) is 9.79 Å². The van der Waals surface area contributed by atoms with E-state index in [0.717, 1.165) is 36.1 Å². The molecule has 1 amide bonds. The molecule has 1 unspecified atom stereocenters. The average Bonchev–Trinajstić information content (AvgIpc) is 3.00. The zero-order chi connectivity index (χ0) is 15.9. The molecule has 0 saturated carbocycles. The fraction of sp³-hybridized carbons (Fsp3) is 0.500. The number of aliphatic imine (C=N–C) groups is 1. The predicted molar refractivity (Wildman–Crippen MR) is 90.1 cm³/mol. The minimum atomic E-state index is 0.211. The van der Waals surface area contributed by atoms with E-state index in [-0.39, 0.29) is 11.9 Å². The number of amides is 1. The molecule has 0 bridgehead atoms. The largest absolute Gasteiger partial charge is 0.352 e. The lowest BCUT2D eigenvalue weighted by Gasteiger charge is -2.19. The van der Waals surface area contributed by atoms with Gasteiger partial charge in [0.2, 0.25) is 5.91 Å². The molecule has 1 saturated heterocycles.